The van der Waals surface area contributed by atoms with Gasteiger partial charge in [-0.25, -0.2) is 9.48 Å². The number of nitrogens with one attached hydrogen (secondary N) is 2. The Balaban J connectivity index is 1.97. The molecule has 22 heavy (non-hydrogen) atoms. The van der Waals surface area contributed by atoms with Crippen molar-refractivity contribution in [2.75, 3.05) is 5.32 Å². The topological polar surface area (TPSA) is 71.8 Å². The maximum Gasteiger partial charge on any atom is 0.416 e. The van der Waals surface area contributed by atoms with E-state index in [0.29, 0.717) is 11.1 Å². The second-order valence-electron chi connectivity index (χ2n) is 4.65. The molecule has 0 aliphatic carbocycles. The fourth-order valence-electron chi connectivity index (χ4n) is 1.80. The first-order valence-corrected chi connectivity index (χ1v) is 6.33. The zero-order valence-corrected chi connectivity index (χ0v) is 11.9. The van der Waals surface area contributed by atoms with Gasteiger partial charge >= 0.3 is 12.2 Å². The van der Waals surface area contributed by atoms with Gasteiger partial charge in [0, 0.05) is 13.6 Å². The molecule has 0 aliphatic heterocycles. The Morgan fingerprint density at radius 3 is 2.64 bits per heavy atom. The van der Waals surface area contributed by atoms with Crippen molar-refractivity contribution in [1.29, 1.82) is 0 Å². The van der Waals surface area contributed by atoms with Crippen LogP contribution in [0, 0.1) is 6.92 Å². The van der Waals surface area contributed by atoms with Crippen molar-refractivity contribution < 1.29 is 18.0 Å². The Labute approximate surface area is 124 Å². The van der Waals surface area contributed by atoms with Crippen LogP contribution in [0.4, 0.5) is 23.9 Å². The highest BCUT2D eigenvalue weighted by molar-refractivity contribution is 5.87. The van der Waals surface area contributed by atoms with Crippen molar-refractivity contribution in [3.63, 3.8) is 0 Å². The third-order valence-corrected chi connectivity index (χ3v) is 3.05. The minimum absolute atomic E-state index is 0.105. The van der Waals surface area contributed by atoms with Crippen LogP contribution in [0.3, 0.4) is 0 Å². The molecule has 0 bridgehead atoms. The summed E-state index contributed by atoms with van der Waals surface area (Å²) in [6.07, 6.45) is -3.09. The van der Waals surface area contributed by atoms with E-state index in [1.165, 1.54) is 17.1 Å². The van der Waals surface area contributed by atoms with Gasteiger partial charge in [-0.15, -0.1) is 0 Å². The number of hydrogen-bond donors (Lipinski definition) is 2. The summed E-state index contributed by atoms with van der Waals surface area (Å²) in [6.45, 7) is 1.67. The number of amides is 2. The molecule has 0 saturated carbocycles. The van der Waals surface area contributed by atoms with Gasteiger partial charge in [-0.3, -0.25) is 5.32 Å². The van der Waals surface area contributed by atoms with Gasteiger partial charge in [-0.1, -0.05) is 6.07 Å². The van der Waals surface area contributed by atoms with Crippen molar-refractivity contribution in [3.8, 4) is 0 Å². The molecule has 0 aliphatic rings. The molecule has 9 heteroatoms. The third-order valence-electron chi connectivity index (χ3n) is 3.05. The number of hydrogen-bond acceptors (Lipinski definition) is 3. The van der Waals surface area contributed by atoms with Crippen LogP contribution in [0.15, 0.2) is 24.5 Å². The quantitative estimate of drug-likeness (QED) is 0.914. The smallest absolute Gasteiger partial charge is 0.334 e. The van der Waals surface area contributed by atoms with Crippen LogP contribution in [0.1, 0.15) is 16.7 Å². The van der Waals surface area contributed by atoms with Crippen LogP contribution >= 0.6 is 0 Å². The molecule has 118 valence electrons. The lowest BCUT2D eigenvalue weighted by atomic mass is 10.0. The normalized spacial score (nSPS) is 11.3. The third kappa shape index (κ3) is 3.74. The van der Waals surface area contributed by atoms with E-state index in [4.69, 9.17) is 0 Å². The molecule has 2 amide bonds. The summed E-state index contributed by atoms with van der Waals surface area (Å²) in [7, 11) is 1.61. The maximum atomic E-state index is 12.6. The van der Waals surface area contributed by atoms with Crippen LogP contribution in [0.5, 0.6) is 0 Å². The zero-order chi connectivity index (χ0) is 16.3. The summed E-state index contributed by atoms with van der Waals surface area (Å²) in [5.41, 5.74) is 0.340. The van der Waals surface area contributed by atoms with Gasteiger partial charge in [-0.05, 0) is 30.2 Å². The lowest BCUT2D eigenvalue weighted by Gasteiger charge is -2.12. The van der Waals surface area contributed by atoms with Crippen LogP contribution in [0.2, 0.25) is 0 Å². The van der Waals surface area contributed by atoms with E-state index in [9.17, 15) is 18.0 Å². The van der Waals surface area contributed by atoms with Gasteiger partial charge in [0.2, 0.25) is 5.95 Å². The average Bonchev–Trinajstić information content (AvgIpc) is 2.82. The standard InChI is InChI=1S/C13H14F3N5O/c1-8-5-10(13(14,15)16)4-3-9(8)6-17-12(22)20-11-18-7-19-21(11)2/h3-5,7H,6H2,1-2H3,(H2,17,18,19,20,22). The second-order valence-corrected chi connectivity index (χ2v) is 4.65. The van der Waals surface area contributed by atoms with Gasteiger partial charge in [0.15, 0.2) is 0 Å². The zero-order valence-electron chi connectivity index (χ0n) is 11.9. The van der Waals surface area contributed by atoms with Crippen molar-refractivity contribution >= 4 is 12.0 Å². The number of nitrogens with zero attached hydrogens (tertiary/aromatic N) is 3. The Bertz CT molecular complexity index is 681. The number of carbonyl (C=O) groups excluding carboxylic acids is 1. The molecular weight excluding hydrogens is 299 g/mol. The second kappa shape index (κ2) is 6.04. The predicted octanol–water partition coefficient (Wildman–Crippen LogP) is 2.46. The minimum Gasteiger partial charge on any atom is -0.334 e. The summed E-state index contributed by atoms with van der Waals surface area (Å²) in [6, 6.07) is 2.87. The van der Waals surface area contributed by atoms with E-state index >= 15 is 0 Å². The molecule has 2 rings (SSSR count). The SMILES string of the molecule is Cc1cc(C(F)(F)F)ccc1CNC(=O)Nc1ncnn1C. The lowest BCUT2D eigenvalue weighted by Crippen LogP contribution is -2.29. The van der Waals surface area contributed by atoms with Crippen LogP contribution in [-0.4, -0.2) is 20.8 Å². The Hall–Kier alpha value is -2.58. The van der Waals surface area contributed by atoms with E-state index in [2.05, 4.69) is 20.7 Å². The molecule has 6 nitrogen and oxygen atoms in total. The number of carbonyl (C=O) groups is 1. The first kappa shape index (κ1) is 15.8. The summed E-state index contributed by atoms with van der Waals surface area (Å²) in [5, 5.41) is 8.82. The first-order valence-electron chi connectivity index (χ1n) is 6.33. The number of anilines is 1. The van der Waals surface area contributed by atoms with Crippen LogP contribution < -0.4 is 10.6 Å². The van der Waals surface area contributed by atoms with Crippen molar-refractivity contribution in [2.45, 2.75) is 19.6 Å². The molecule has 1 heterocycles. The number of urea groups is 1. The molecule has 0 fully saturated rings. The van der Waals surface area contributed by atoms with E-state index in [0.717, 1.165) is 12.1 Å². The highest BCUT2D eigenvalue weighted by atomic mass is 19.4. The van der Waals surface area contributed by atoms with E-state index in [1.807, 2.05) is 0 Å². The van der Waals surface area contributed by atoms with Gasteiger partial charge in [0.1, 0.15) is 6.33 Å². The molecule has 0 spiro atoms. The highest BCUT2D eigenvalue weighted by Crippen LogP contribution is 2.30. The molecule has 1 aromatic carbocycles. The molecule has 1 aromatic heterocycles. The summed E-state index contributed by atoms with van der Waals surface area (Å²) in [4.78, 5) is 15.5. The summed E-state index contributed by atoms with van der Waals surface area (Å²) in [5.74, 6) is 0.265. The fourth-order valence-corrected chi connectivity index (χ4v) is 1.80. The van der Waals surface area contributed by atoms with Gasteiger partial charge < -0.3 is 5.32 Å². The van der Waals surface area contributed by atoms with Crippen molar-refractivity contribution in [2.24, 2.45) is 7.05 Å². The first-order chi connectivity index (χ1) is 10.3. The van der Waals surface area contributed by atoms with Crippen molar-refractivity contribution in [3.05, 3.63) is 41.2 Å². The van der Waals surface area contributed by atoms with E-state index in [-0.39, 0.29) is 12.5 Å². The highest BCUT2D eigenvalue weighted by Gasteiger charge is 2.30. The Kier molecular flexibility index (Phi) is 4.34. The molecule has 2 N–H and O–H groups in total. The van der Waals surface area contributed by atoms with Gasteiger partial charge in [-0.2, -0.15) is 23.3 Å². The molecule has 0 saturated heterocycles. The number of aromatic nitrogens is 3. The maximum absolute atomic E-state index is 12.6. The monoisotopic (exact) mass is 313 g/mol. The van der Waals surface area contributed by atoms with Crippen LogP contribution in [-0.2, 0) is 19.8 Å². The molecule has 0 radical (unpaired) electrons. The minimum atomic E-state index is -4.38. The summed E-state index contributed by atoms with van der Waals surface area (Å²) >= 11 is 0. The number of rotatable bonds is 3. The Morgan fingerprint density at radius 2 is 2.09 bits per heavy atom. The molecule has 0 atom stereocenters. The number of aryl methyl sites for hydroxylation is 2. The molecule has 2 aromatic rings. The molecular formula is C13H14F3N5O. The van der Waals surface area contributed by atoms with Crippen molar-refractivity contribution in [1.82, 2.24) is 20.1 Å². The number of benzene rings is 1. The largest absolute Gasteiger partial charge is 0.416 e. The summed E-state index contributed by atoms with van der Waals surface area (Å²) < 4.78 is 39.1. The average molecular weight is 313 g/mol. The van der Waals surface area contributed by atoms with Crippen LogP contribution in [0.25, 0.3) is 0 Å². The lowest BCUT2D eigenvalue weighted by molar-refractivity contribution is -0.137. The number of halogens is 3. The van der Waals surface area contributed by atoms with E-state index < -0.39 is 17.8 Å². The Morgan fingerprint density at radius 1 is 1.36 bits per heavy atom. The predicted molar refractivity (Wildman–Crippen MR) is 73.0 cm³/mol. The molecule has 0 unspecified atom stereocenters. The van der Waals surface area contributed by atoms with Gasteiger partial charge in [0.25, 0.3) is 0 Å². The van der Waals surface area contributed by atoms with Gasteiger partial charge in [0.05, 0.1) is 5.56 Å². The van der Waals surface area contributed by atoms with E-state index in [1.54, 1.807) is 14.0 Å². The fraction of sp³-hybridized carbons (Fsp3) is 0.308. The number of alkyl halides is 3.